The molecule has 0 bridgehead atoms. The zero-order valence-electron chi connectivity index (χ0n) is 8.57. The largest absolute Gasteiger partial charge is 0.313 e. The van der Waals surface area contributed by atoms with Crippen molar-refractivity contribution in [3.05, 3.63) is 35.2 Å². The summed E-state index contributed by atoms with van der Waals surface area (Å²) in [6.07, 6.45) is 1.13. The molecule has 0 spiro atoms. The minimum Gasteiger partial charge on any atom is -0.313 e. The molecule has 1 N–H and O–H groups in total. The van der Waals surface area contributed by atoms with E-state index in [2.05, 4.69) is 47.6 Å². The van der Waals surface area contributed by atoms with Crippen molar-refractivity contribution in [1.82, 2.24) is 5.32 Å². The van der Waals surface area contributed by atoms with E-state index >= 15 is 0 Å². The molecule has 80 valence electrons. The maximum absolute atomic E-state index is 4.19. The topological polar surface area (TPSA) is 12.0 Å². The Kier molecular flexibility index (Phi) is 4.06. The van der Waals surface area contributed by atoms with E-state index in [1.54, 1.807) is 0 Å². The molecular weight excluding hydrogens is 222 g/mol. The Morgan fingerprint density at radius 1 is 1.27 bits per heavy atom. The van der Waals surface area contributed by atoms with Crippen LogP contribution >= 0.6 is 24.0 Å². The normalized spacial score (nSPS) is 11.0. The van der Waals surface area contributed by atoms with Crippen molar-refractivity contribution in [2.24, 2.45) is 0 Å². The van der Waals surface area contributed by atoms with Crippen LogP contribution in [0, 0.1) is 0 Å². The lowest BCUT2D eigenvalue weighted by Gasteiger charge is -2.02. The molecule has 1 aromatic heterocycles. The number of benzene rings is 1. The molecule has 0 radical (unpaired) electrons. The van der Waals surface area contributed by atoms with Crippen LogP contribution in [0.15, 0.2) is 29.6 Å². The average molecular weight is 237 g/mol. The standard InChI is InChI=1S/C12H15NS2/c14-7-3-6-13-8-10-9-15-12-5-2-1-4-11(10)12/h1-2,4-5,9,13-14H,3,6-8H2. The van der Waals surface area contributed by atoms with Gasteiger partial charge in [-0.15, -0.1) is 11.3 Å². The fourth-order valence-electron chi connectivity index (χ4n) is 1.60. The summed E-state index contributed by atoms with van der Waals surface area (Å²) in [7, 11) is 0. The first-order valence-electron chi connectivity index (χ1n) is 5.18. The van der Waals surface area contributed by atoms with Crippen LogP contribution in [-0.4, -0.2) is 12.3 Å². The lowest BCUT2D eigenvalue weighted by atomic mass is 10.2. The molecule has 0 unspecified atom stereocenters. The van der Waals surface area contributed by atoms with Crippen LogP contribution in [-0.2, 0) is 6.54 Å². The van der Waals surface area contributed by atoms with Gasteiger partial charge in [0.2, 0.25) is 0 Å². The molecule has 15 heavy (non-hydrogen) atoms. The lowest BCUT2D eigenvalue weighted by Crippen LogP contribution is -2.14. The number of nitrogens with one attached hydrogen (secondary N) is 1. The highest BCUT2D eigenvalue weighted by Crippen LogP contribution is 2.25. The van der Waals surface area contributed by atoms with E-state index in [0.717, 1.165) is 25.3 Å². The third-order valence-corrected chi connectivity index (χ3v) is 3.72. The van der Waals surface area contributed by atoms with Gasteiger partial charge in [0.15, 0.2) is 0 Å². The summed E-state index contributed by atoms with van der Waals surface area (Å²) in [6, 6.07) is 8.57. The molecule has 1 heterocycles. The summed E-state index contributed by atoms with van der Waals surface area (Å²) in [4.78, 5) is 0. The van der Waals surface area contributed by atoms with Gasteiger partial charge in [0.05, 0.1) is 0 Å². The molecule has 0 aliphatic carbocycles. The van der Waals surface area contributed by atoms with Crippen molar-refractivity contribution in [2.45, 2.75) is 13.0 Å². The van der Waals surface area contributed by atoms with Crippen molar-refractivity contribution >= 4 is 34.1 Å². The first kappa shape index (κ1) is 11.0. The third kappa shape index (κ3) is 2.74. The number of hydrogen-bond acceptors (Lipinski definition) is 3. The SMILES string of the molecule is SCCCNCc1csc2ccccc12. The van der Waals surface area contributed by atoms with Gasteiger partial charge >= 0.3 is 0 Å². The van der Waals surface area contributed by atoms with Gasteiger partial charge in [-0.1, -0.05) is 18.2 Å². The van der Waals surface area contributed by atoms with Crippen molar-refractivity contribution in [2.75, 3.05) is 12.3 Å². The third-order valence-electron chi connectivity index (χ3n) is 2.39. The number of thiophene rings is 1. The van der Waals surface area contributed by atoms with Gasteiger partial charge in [0, 0.05) is 11.2 Å². The highest BCUT2D eigenvalue weighted by molar-refractivity contribution is 7.80. The summed E-state index contributed by atoms with van der Waals surface area (Å²) in [5, 5.41) is 7.08. The lowest BCUT2D eigenvalue weighted by molar-refractivity contribution is 0.683. The number of hydrogen-bond donors (Lipinski definition) is 2. The summed E-state index contributed by atoms with van der Waals surface area (Å²) >= 11 is 6.01. The molecule has 0 saturated carbocycles. The Morgan fingerprint density at radius 3 is 3.00 bits per heavy atom. The van der Waals surface area contributed by atoms with Crippen LogP contribution in [0.25, 0.3) is 10.1 Å². The number of thiol groups is 1. The molecular formula is C12H15NS2. The van der Waals surface area contributed by atoms with Crippen LogP contribution < -0.4 is 5.32 Å². The molecule has 0 atom stereocenters. The van der Waals surface area contributed by atoms with Gasteiger partial charge in [-0.05, 0) is 41.1 Å². The van der Waals surface area contributed by atoms with Gasteiger partial charge < -0.3 is 5.32 Å². The van der Waals surface area contributed by atoms with E-state index in [1.807, 2.05) is 11.3 Å². The zero-order chi connectivity index (χ0) is 10.5. The average Bonchev–Trinajstić information content (AvgIpc) is 2.68. The van der Waals surface area contributed by atoms with Gasteiger partial charge in [-0.25, -0.2) is 0 Å². The Balaban J connectivity index is 2.02. The maximum atomic E-state index is 4.19. The summed E-state index contributed by atoms with van der Waals surface area (Å²) < 4.78 is 1.38. The van der Waals surface area contributed by atoms with Crippen molar-refractivity contribution in [3.63, 3.8) is 0 Å². The Bertz CT molecular complexity index is 422. The Labute approximate surface area is 99.9 Å². The van der Waals surface area contributed by atoms with E-state index < -0.39 is 0 Å². The predicted molar refractivity (Wildman–Crippen MR) is 72.0 cm³/mol. The van der Waals surface area contributed by atoms with Crippen LogP contribution in [0.2, 0.25) is 0 Å². The predicted octanol–water partition coefficient (Wildman–Crippen LogP) is 3.31. The first-order chi connectivity index (χ1) is 7.42. The van der Waals surface area contributed by atoms with Gasteiger partial charge in [-0.3, -0.25) is 0 Å². The molecule has 0 fully saturated rings. The maximum Gasteiger partial charge on any atom is 0.0346 e. The fraction of sp³-hybridized carbons (Fsp3) is 0.333. The zero-order valence-corrected chi connectivity index (χ0v) is 10.3. The monoisotopic (exact) mass is 237 g/mol. The molecule has 2 aromatic rings. The molecule has 2 rings (SSSR count). The fourth-order valence-corrected chi connectivity index (χ4v) is 2.72. The molecule has 3 heteroatoms. The number of fused-ring (bicyclic) bond motifs is 1. The number of rotatable bonds is 5. The van der Waals surface area contributed by atoms with Crippen LogP contribution in [0.4, 0.5) is 0 Å². The van der Waals surface area contributed by atoms with E-state index in [4.69, 9.17) is 0 Å². The summed E-state index contributed by atoms with van der Waals surface area (Å²) in [5.41, 5.74) is 1.41. The van der Waals surface area contributed by atoms with E-state index in [1.165, 1.54) is 15.6 Å². The van der Waals surface area contributed by atoms with Crippen molar-refractivity contribution in [3.8, 4) is 0 Å². The van der Waals surface area contributed by atoms with Gasteiger partial charge in [0.1, 0.15) is 0 Å². The second-order valence-electron chi connectivity index (χ2n) is 3.51. The Morgan fingerprint density at radius 2 is 2.13 bits per heavy atom. The smallest absolute Gasteiger partial charge is 0.0346 e. The van der Waals surface area contributed by atoms with Crippen LogP contribution in [0.1, 0.15) is 12.0 Å². The van der Waals surface area contributed by atoms with Crippen LogP contribution in [0.5, 0.6) is 0 Å². The van der Waals surface area contributed by atoms with Crippen molar-refractivity contribution in [1.29, 1.82) is 0 Å². The first-order valence-corrected chi connectivity index (χ1v) is 6.69. The second kappa shape index (κ2) is 5.54. The quantitative estimate of drug-likeness (QED) is 0.600. The molecule has 0 aliphatic heterocycles. The molecule has 0 aliphatic rings. The summed E-state index contributed by atoms with van der Waals surface area (Å²) in [6.45, 7) is 2.02. The van der Waals surface area contributed by atoms with Gasteiger partial charge in [-0.2, -0.15) is 12.6 Å². The second-order valence-corrected chi connectivity index (χ2v) is 4.87. The van der Waals surface area contributed by atoms with E-state index in [-0.39, 0.29) is 0 Å². The molecule has 0 saturated heterocycles. The molecule has 0 amide bonds. The molecule has 1 aromatic carbocycles. The molecule has 1 nitrogen and oxygen atoms in total. The van der Waals surface area contributed by atoms with E-state index in [0.29, 0.717) is 0 Å². The van der Waals surface area contributed by atoms with Crippen LogP contribution in [0.3, 0.4) is 0 Å². The van der Waals surface area contributed by atoms with Crippen molar-refractivity contribution < 1.29 is 0 Å². The Hall–Kier alpha value is -0.510. The summed E-state index contributed by atoms with van der Waals surface area (Å²) in [5.74, 6) is 0.956. The highest BCUT2D eigenvalue weighted by atomic mass is 32.1. The van der Waals surface area contributed by atoms with Gasteiger partial charge in [0.25, 0.3) is 0 Å². The minimum atomic E-state index is 0.956. The van der Waals surface area contributed by atoms with E-state index in [9.17, 15) is 0 Å². The minimum absolute atomic E-state index is 0.956. The highest BCUT2D eigenvalue weighted by Gasteiger charge is 2.01.